The number of nitrogens with zero attached hydrogens (tertiary/aromatic N) is 2. The predicted molar refractivity (Wildman–Crippen MR) is 65.9 cm³/mol. The molecule has 0 saturated heterocycles. The molecule has 5 nitrogen and oxygen atoms in total. The lowest BCUT2D eigenvalue weighted by atomic mass is 10.1. The van der Waals surface area contributed by atoms with Crippen molar-refractivity contribution in [1.29, 1.82) is 0 Å². The second-order valence-corrected chi connectivity index (χ2v) is 3.78. The quantitative estimate of drug-likeness (QED) is 0.818. The van der Waals surface area contributed by atoms with Crippen molar-refractivity contribution in [3.63, 3.8) is 0 Å². The van der Waals surface area contributed by atoms with E-state index in [-0.39, 0.29) is 24.4 Å². The number of nitrogens with two attached hydrogens (primary N) is 1. The fourth-order valence-electron chi connectivity index (χ4n) is 1.46. The van der Waals surface area contributed by atoms with Gasteiger partial charge in [-0.05, 0) is 20.8 Å². The first kappa shape index (κ1) is 14.9. The van der Waals surface area contributed by atoms with Gasteiger partial charge in [-0.15, -0.1) is 12.4 Å². The van der Waals surface area contributed by atoms with Crippen LogP contribution in [0.1, 0.15) is 28.7 Å². The maximum absolute atomic E-state index is 11.8. The molecular formula is C10H19ClN4O. The number of aryl methyl sites for hydroxylation is 2. The summed E-state index contributed by atoms with van der Waals surface area (Å²) in [5.74, 6) is -0.101. The van der Waals surface area contributed by atoms with E-state index in [0.717, 1.165) is 11.4 Å². The second kappa shape index (κ2) is 5.86. The number of carbonyl (C=O) groups excluding carboxylic acids is 1. The van der Waals surface area contributed by atoms with Crippen LogP contribution in [0, 0.1) is 13.8 Å². The molecule has 1 aromatic rings. The van der Waals surface area contributed by atoms with Crippen LogP contribution in [0.3, 0.4) is 0 Å². The average molecular weight is 247 g/mol. The Labute approximate surface area is 102 Å². The van der Waals surface area contributed by atoms with E-state index in [1.54, 1.807) is 4.68 Å². The van der Waals surface area contributed by atoms with Crippen molar-refractivity contribution in [3.05, 3.63) is 17.0 Å². The molecule has 0 radical (unpaired) electrons. The van der Waals surface area contributed by atoms with Crippen molar-refractivity contribution in [2.24, 2.45) is 12.8 Å². The number of aromatic nitrogens is 2. The Morgan fingerprint density at radius 2 is 2.12 bits per heavy atom. The van der Waals surface area contributed by atoms with Crippen molar-refractivity contribution in [3.8, 4) is 0 Å². The molecule has 1 atom stereocenters. The summed E-state index contributed by atoms with van der Waals surface area (Å²) in [6.45, 7) is 6.01. The van der Waals surface area contributed by atoms with Crippen LogP contribution in [-0.4, -0.2) is 28.3 Å². The average Bonchev–Trinajstić information content (AvgIpc) is 2.41. The van der Waals surface area contributed by atoms with E-state index in [9.17, 15) is 4.79 Å². The molecule has 0 saturated carbocycles. The number of rotatable bonds is 3. The minimum absolute atomic E-state index is 0. The molecule has 0 aliphatic carbocycles. The summed E-state index contributed by atoms with van der Waals surface area (Å²) in [6.07, 6.45) is 0. The van der Waals surface area contributed by atoms with Gasteiger partial charge in [-0.2, -0.15) is 5.10 Å². The Bertz CT molecular complexity index is 375. The normalized spacial score (nSPS) is 11.8. The largest absolute Gasteiger partial charge is 0.348 e. The number of hydrogen-bond donors (Lipinski definition) is 2. The smallest absolute Gasteiger partial charge is 0.255 e. The van der Waals surface area contributed by atoms with Gasteiger partial charge in [-0.3, -0.25) is 9.48 Å². The Morgan fingerprint density at radius 3 is 2.50 bits per heavy atom. The Balaban J connectivity index is 0.00000225. The maximum Gasteiger partial charge on any atom is 0.255 e. The highest BCUT2D eigenvalue weighted by atomic mass is 35.5. The van der Waals surface area contributed by atoms with E-state index < -0.39 is 0 Å². The van der Waals surface area contributed by atoms with Gasteiger partial charge in [0.1, 0.15) is 0 Å². The van der Waals surface area contributed by atoms with E-state index in [4.69, 9.17) is 5.73 Å². The van der Waals surface area contributed by atoms with Crippen molar-refractivity contribution >= 4 is 18.3 Å². The molecule has 3 N–H and O–H groups in total. The zero-order chi connectivity index (χ0) is 11.6. The summed E-state index contributed by atoms with van der Waals surface area (Å²) in [7, 11) is 1.82. The summed E-state index contributed by atoms with van der Waals surface area (Å²) >= 11 is 0. The first-order valence-electron chi connectivity index (χ1n) is 4.98. The minimum atomic E-state index is -0.101. The van der Waals surface area contributed by atoms with Crippen molar-refractivity contribution < 1.29 is 4.79 Å². The van der Waals surface area contributed by atoms with E-state index in [2.05, 4.69) is 10.4 Å². The van der Waals surface area contributed by atoms with Gasteiger partial charge in [0.25, 0.3) is 5.91 Å². The molecule has 0 aromatic carbocycles. The predicted octanol–water partition coefficient (Wildman–Crippen LogP) is 0.536. The van der Waals surface area contributed by atoms with Crippen molar-refractivity contribution in [2.75, 3.05) is 6.54 Å². The third kappa shape index (κ3) is 2.96. The zero-order valence-corrected chi connectivity index (χ0v) is 10.9. The maximum atomic E-state index is 11.8. The van der Waals surface area contributed by atoms with Gasteiger partial charge in [-0.1, -0.05) is 0 Å². The molecule has 0 aliphatic heterocycles. The van der Waals surface area contributed by atoms with Gasteiger partial charge >= 0.3 is 0 Å². The number of carbonyl (C=O) groups is 1. The highest BCUT2D eigenvalue weighted by Crippen LogP contribution is 2.11. The third-order valence-electron chi connectivity index (χ3n) is 2.47. The van der Waals surface area contributed by atoms with E-state index >= 15 is 0 Å². The lowest BCUT2D eigenvalue weighted by molar-refractivity contribution is 0.0940. The number of hydrogen-bond acceptors (Lipinski definition) is 3. The van der Waals surface area contributed by atoms with Crippen LogP contribution in [-0.2, 0) is 7.05 Å². The fraction of sp³-hybridized carbons (Fsp3) is 0.600. The van der Waals surface area contributed by atoms with Gasteiger partial charge < -0.3 is 11.1 Å². The molecule has 1 aromatic heterocycles. The van der Waals surface area contributed by atoms with Crippen LogP contribution in [0.25, 0.3) is 0 Å². The minimum Gasteiger partial charge on any atom is -0.348 e. The van der Waals surface area contributed by atoms with E-state index in [0.29, 0.717) is 12.1 Å². The second-order valence-electron chi connectivity index (χ2n) is 3.78. The SMILES string of the molecule is Cc1nn(C)c(C)c1C(=O)N[C@@H](C)CN.Cl. The molecule has 1 heterocycles. The fourth-order valence-corrected chi connectivity index (χ4v) is 1.46. The van der Waals surface area contributed by atoms with Gasteiger partial charge in [0.15, 0.2) is 0 Å². The van der Waals surface area contributed by atoms with Gasteiger partial charge in [0.2, 0.25) is 0 Å². The zero-order valence-electron chi connectivity index (χ0n) is 10.1. The molecule has 0 aliphatic rings. The number of nitrogens with one attached hydrogen (secondary N) is 1. The molecule has 16 heavy (non-hydrogen) atoms. The summed E-state index contributed by atoms with van der Waals surface area (Å²) in [5.41, 5.74) is 7.71. The molecule has 1 rings (SSSR count). The lowest BCUT2D eigenvalue weighted by Crippen LogP contribution is -2.38. The third-order valence-corrected chi connectivity index (χ3v) is 2.47. The molecule has 6 heteroatoms. The Hall–Kier alpha value is -1.07. The molecule has 0 bridgehead atoms. The monoisotopic (exact) mass is 246 g/mol. The van der Waals surface area contributed by atoms with Crippen molar-refractivity contribution in [1.82, 2.24) is 15.1 Å². The highest BCUT2D eigenvalue weighted by Gasteiger charge is 2.17. The molecule has 0 unspecified atom stereocenters. The summed E-state index contributed by atoms with van der Waals surface area (Å²) in [4.78, 5) is 11.8. The summed E-state index contributed by atoms with van der Waals surface area (Å²) < 4.78 is 1.71. The van der Waals surface area contributed by atoms with Crippen LogP contribution >= 0.6 is 12.4 Å². The highest BCUT2D eigenvalue weighted by molar-refractivity contribution is 5.96. The number of amides is 1. The lowest BCUT2D eigenvalue weighted by Gasteiger charge is -2.11. The van der Waals surface area contributed by atoms with Crippen molar-refractivity contribution in [2.45, 2.75) is 26.8 Å². The molecule has 92 valence electrons. The summed E-state index contributed by atoms with van der Waals surface area (Å²) in [5, 5.41) is 7.01. The van der Waals surface area contributed by atoms with Crippen LogP contribution in [0.15, 0.2) is 0 Å². The van der Waals surface area contributed by atoms with E-state index in [1.165, 1.54) is 0 Å². The summed E-state index contributed by atoms with van der Waals surface area (Å²) in [6, 6.07) is -0.0171. The van der Waals surface area contributed by atoms with Gasteiger partial charge in [0, 0.05) is 25.3 Å². The standard InChI is InChI=1S/C10H18N4O.ClH/c1-6(5-11)12-10(15)9-7(2)13-14(4)8(9)3;/h6H,5,11H2,1-4H3,(H,12,15);1H/t6-;/m0./s1. The molecule has 1 amide bonds. The van der Waals surface area contributed by atoms with Crippen LogP contribution in [0.2, 0.25) is 0 Å². The first-order valence-corrected chi connectivity index (χ1v) is 4.98. The topological polar surface area (TPSA) is 72.9 Å². The first-order chi connectivity index (χ1) is 6.97. The molecular weight excluding hydrogens is 228 g/mol. The molecule has 0 spiro atoms. The van der Waals surface area contributed by atoms with Crippen LogP contribution < -0.4 is 11.1 Å². The Morgan fingerprint density at radius 1 is 1.56 bits per heavy atom. The Kier molecular flexibility index (Phi) is 5.47. The van der Waals surface area contributed by atoms with Gasteiger partial charge in [0.05, 0.1) is 11.3 Å². The van der Waals surface area contributed by atoms with Crippen LogP contribution in [0.4, 0.5) is 0 Å². The van der Waals surface area contributed by atoms with E-state index in [1.807, 2.05) is 27.8 Å². The van der Waals surface area contributed by atoms with Gasteiger partial charge in [-0.25, -0.2) is 0 Å². The van der Waals surface area contributed by atoms with Crippen LogP contribution in [0.5, 0.6) is 0 Å². The number of halogens is 1. The molecule has 0 fully saturated rings.